The van der Waals surface area contributed by atoms with Crippen LogP contribution in [-0.4, -0.2) is 36.8 Å². The number of nitrogens with one attached hydrogen (secondary N) is 1. The summed E-state index contributed by atoms with van der Waals surface area (Å²) in [5.74, 6) is 2.42. The molecule has 0 spiro atoms. The summed E-state index contributed by atoms with van der Waals surface area (Å²) in [4.78, 5) is 0. The summed E-state index contributed by atoms with van der Waals surface area (Å²) in [6, 6.07) is 0.634. The molecule has 0 aromatic rings. The van der Waals surface area contributed by atoms with E-state index in [1.165, 1.54) is 17.9 Å². The predicted molar refractivity (Wildman–Crippen MR) is 70.8 cm³/mol. The van der Waals surface area contributed by atoms with Crippen molar-refractivity contribution < 1.29 is 4.74 Å². The Hall–Kier alpha value is 0.270. The molecule has 1 unspecified atom stereocenters. The van der Waals surface area contributed by atoms with Crippen LogP contribution >= 0.6 is 11.8 Å². The van der Waals surface area contributed by atoms with E-state index >= 15 is 0 Å². The summed E-state index contributed by atoms with van der Waals surface area (Å²) in [5, 5.41) is 3.54. The van der Waals surface area contributed by atoms with Crippen molar-refractivity contribution in [1.29, 1.82) is 0 Å². The molecule has 2 nitrogen and oxygen atoms in total. The van der Waals surface area contributed by atoms with E-state index in [0.29, 0.717) is 6.04 Å². The van der Waals surface area contributed by atoms with Crippen LogP contribution in [0.1, 0.15) is 40.5 Å². The fourth-order valence-corrected chi connectivity index (χ4v) is 2.22. The lowest BCUT2D eigenvalue weighted by atomic mass is 9.99. The third-order valence-electron chi connectivity index (χ3n) is 2.66. The van der Waals surface area contributed by atoms with Gasteiger partial charge in [0, 0.05) is 18.9 Å². The molecule has 0 bridgehead atoms. The van der Waals surface area contributed by atoms with Crippen LogP contribution in [0.4, 0.5) is 0 Å². The molecule has 0 radical (unpaired) electrons. The average Bonchev–Trinajstić information content (AvgIpc) is 2.22. The number of methoxy groups -OCH3 is 1. The van der Waals surface area contributed by atoms with Crippen LogP contribution in [0.3, 0.4) is 0 Å². The molecule has 92 valence electrons. The van der Waals surface area contributed by atoms with Crippen molar-refractivity contribution in [3.63, 3.8) is 0 Å². The first-order chi connectivity index (χ1) is 7.05. The highest BCUT2D eigenvalue weighted by molar-refractivity contribution is 7.99. The Bertz CT molecular complexity index is 151. The second-order valence-electron chi connectivity index (χ2n) is 4.42. The van der Waals surface area contributed by atoms with E-state index in [2.05, 4.69) is 33.0 Å². The molecule has 0 fully saturated rings. The SMILES string of the molecule is CCNC(CCC(C)(C)OC)CSCC. The van der Waals surface area contributed by atoms with Crippen molar-refractivity contribution in [3.8, 4) is 0 Å². The van der Waals surface area contributed by atoms with E-state index in [-0.39, 0.29) is 5.60 Å². The summed E-state index contributed by atoms with van der Waals surface area (Å²) in [6.45, 7) is 9.76. The molecule has 0 heterocycles. The van der Waals surface area contributed by atoms with E-state index in [9.17, 15) is 0 Å². The van der Waals surface area contributed by atoms with E-state index in [1.54, 1.807) is 7.11 Å². The van der Waals surface area contributed by atoms with Crippen LogP contribution in [0.15, 0.2) is 0 Å². The van der Waals surface area contributed by atoms with Crippen LogP contribution < -0.4 is 5.32 Å². The minimum atomic E-state index is 0.0184. The number of ether oxygens (including phenoxy) is 1. The maximum absolute atomic E-state index is 5.44. The molecule has 0 amide bonds. The van der Waals surface area contributed by atoms with Crippen molar-refractivity contribution in [1.82, 2.24) is 5.32 Å². The molecule has 0 rings (SSSR count). The van der Waals surface area contributed by atoms with Gasteiger partial charge in [0.15, 0.2) is 0 Å². The van der Waals surface area contributed by atoms with Crippen molar-refractivity contribution in [2.45, 2.75) is 52.2 Å². The van der Waals surface area contributed by atoms with Gasteiger partial charge < -0.3 is 10.1 Å². The molecule has 15 heavy (non-hydrogen) atoms. The first-order valence-corrected chi connectivity index (χ1v) is 7.07. The molecule has 0 saturated heterocycles. The van der Waals surface area contributed by atoms with Crippen LogP contribution in [-0.2, 0) is 4.74 Å². The van der Waals surface area contributed by atoms with Gasteiger partial charge in [-0.3, -0.25) is 0 Å². The molecule has 0 aromatic carbocycles. The lowest BCUT2D eigenvalue weighted by Gasteiger charge is -2.26. The molecule has 0 aliphatic carbocycles. The maximum Gasteiger partial charge on any atom is 0.0623 e. The van der Waals surface area contributed by atoms with Gasteiger partial charge in [0.1, 0.15) is 0 Å². The first-order valence-electron chi connectivity index (χ1n) is 5.92. The number of thioether (sulfide) groups is 1. The molecule has 1 N–H and O–H groups in total. The first kappa shape index (κ1) is 15.3. The molecule has 0 saturated carbocycles. The quantitative estimate of drug-likeness (QED) is 0.661. The highest BCUT2D eigenvalue weighted by atomic mass is 32.2. The monoisotopic (exact) mass is 233 g/mol. The second kappa shape index (κ2) is 8.43. The summed E-state index contributed by atoms with van der Waals surface area (Å²) in [7, 11) is 1.79. The average molecular weight is 233 g/mol. The summed E-state index contributed by atoms with van der Waals surface area (Å²) in [5.41, 5.74) is 0.0184. The molecule has 1 atom stereocenters. The number of rotatable bonds is 9. The van der Waals surface area contributed by atoms with Crippen LogP contribution in [0, 0.1) is 0 Å². The Morgan fingerprint density at radius 1 is 1.33 bits per heavy atom. The van der Waals surface area contributed by atoms with Crippen LogP contribution in [0.5, 0.6) is 0 Å². The molecule has 0 aliphatic rings. The lowest BCUT2D eigenvalue weighted by Crippen LogP contribution is -2.34. The van der Waals surface area contributed by atoms with Gasteiger partial charge in [0.25, 0.3) is 0 Å². The van der Waals surface area contributed by atoms with Gasteiger partial charge in [-0.1, -0.05) is 13.8 Å². The Morgan fingerprint density at radius 3 is 2.47 bits per heavy atom. The molecular weight excluding hydrogens is 206 g/mol. The topological polar surface area (TPSA) is 21.3 Å². The standard InChI is InChI=1S/C12H27NOS/c1-6-13-11(10-15-7-2)8-9-12(3,4)14-5/h11,13H,6-10H2,1-5H3. The van der Waals surface area contributed by atoms with Gasteiger partial charge >= 0.3 is 0 Å². The van der Waals surface area contributed by atoms with Crippen molar-refractivity contribution in [3.05, 3.63) is 0 Å². The van der Waals surface area contributed by atoms with E-state index in [4.69, 9.17) is 4.74 Å². The third kappa shape index (κ3) is 8.12. The predicted octanol–water partition coefficient (Wildman–Crippen LogP) is 2.92. The zero-order valence-electron chi connectivity index (χ0n) is 10.9. The van der Waals surface area contributed by atoms with Gasteiger partial charge in [-0.05, 0) is 39.0 Å². The summed E-state index contributed by atoms with van der Waals surface area (Å²) >= 11 is 2.01. The molecule has 3 heteroatoms. The minimum absolute atomic E-state index is 0.0184. The maximum atomic E-state index is 5.44. The molecule has 0 aromatic heterocycles. The number of hydrogen-bond donors (Lipinski definition) is 1. The van der Waals surface area contributed by atoms with Gasteiger partial charge in [0.2, 0.25) is 0 Å². The van der Waals surface area contributed by atoms with Crippen molar-refractivity contribution >= 4 is 11.8 Å². The van der Waals surface area contributed by atoms with Gasteiger partial charge in [-0.25, -0.2) is 0 Å². The fourth-order valence-electron chi connectivity index (χ4n) is 1.42. The Kier molecular flexibility index (Phi) is 8.58. The van der Waals surface area contributed by atoms with Gasteiger partial charge in [-0.15, -0.1) is 0 Å². The highest BCUT2D eigenvalue weighted by Gasteiger charge is 2.18. The van der Waals surface area contributed by atoms with Gasteiger partial charge in [-0.2, -0.15) is 11.8 Å². The lowest BCUT2D eigenvalue weighted by molar-refractivity contribution is 0.0122. The summed E-state index contributed by atoms with van der Waals surface area (Å²) < 4.78 is 5.44. The molecular formula is C12H27NOS. The van der Waals surface area contributed by atoms with Gasteiger partial charge in [0.05, 0.1) is 5.60 Å². The fraction of sp³-hybridized carbons (Fsp3) is 1.00. The van der Waals surface area contributed by atoms with E-state index < -0.39 is 0 Å². The largest absolute Gasteiger partial charge is 0.379 e. The molecule has 0 aliphatic heterocycles. The zero-order valence-corrected chi connectivity index (χ0v) is 11.7. The van der Waals surface area contributed by atoms with Crippen molar-refractivity contribution in [2.75, 3.05) is 25.2 Å². The van der Waals surface area contributed by atoms with Crippen LogP contribution in [0.25, 0.3) is 0 Å². The highest BCUT2D eigenvalue weighted by Crippen LogP contribution is 2.18. The Labute approximate surface area is 99.5 Å². The normalized spacial score (nSPS) is 14.2. The van der Waals surface area contributed by atoms with E-state index in [0.717, 1.165) is 13.0 Å². The summed E-state index contributed by atoms with van der Waals surface area (Å²) in [6.07, 6.45) is 2.31. The van der Waals surface area contributed by atoms with Crippen LogP contribution in [0.2, 0.25) is 0 Å². The number of hydrogen-bond acceptors (Lipinski definition) is 3. The third-order valence-corrected chi connectivity index (χ3v) is 3.71. The van der Waals surface area contributed by atoms with E-state index in [1.807, 2.05) is 11.8 Å². The zero-order chi connectivity index (χ0) is 11.7. The Morgan fingerprint density at radius 2 is 2.00 bits per heavy atom. The Balaban J connectivity index is 3.83. The second-order valence-corrected chi connectivity index (χ2v) is 5.74. The minimum Gasteiger partial charge on any atom is -0.379 e. The smallest absolute Gasteiger partial charge is 0.0623 e. The van der Waals surface area contributed by atoms with Crippen molar-refractivity contribution in [2.24, 2.45) is 0 Å².